The van der Waals surface area contributed by atoms with E-state index in [1.54, 1.807) is 30.2 Å². The SMILES string of the molecule is CCOC(=O)C1CCN(C(=O)c2nn(-c3ccc(F)cc3)cc2OCC)CC1. The molecule has 1 aromatic heterocycles. The summed E-state index contributed by atoms with van der Waals surface area (Å²) in [5.41, 5.74) is 0.836. The third-order valence-electron chi connectivity index (χ3n) is 4.68. The average Bonchev–Trinajstić information content (AvgIpc) is 3.12. The first-order valence-corrected chi connectivity index (χ1v) is 9.47. The predicted octanol–water partition coefficient (Wildman–Crippen LogP) is 2.83. The first-order chi connectivity index (χ1) is 13.5. The van der Waals surface area contributed by atoms with Gasteiger partial charge in [-0.05, 0) is 51.0 Å². The Labute approximate surface area is 163 Å². The van der Waals surface area contributed by atoms with Crippen molar-refractivity contribution in [2.24, 2.45) is 5.92 Å². The van der Waals surface area contributed by atoms with Crippen LogP contribution in [0, 0.1) is 11.7 Å². The molecule has 1 aliphatic heterocycles. The molecule has 1 aliphatic rings. The number of nitrogens with zero attached hydrogens (tertiary/aromatic N) is 3. The number of ether oxygens (including phenoxy) is 2. The lowest BCUT2D eigenvalue weighted by molar-refractivity contribution is -0.149. The van der Waals surface area contributed by atoms with Crippen molar-refractivity contribution in [1.29, 1.82) is 0 Å². The molecule has 0 atom stereocenters. The summed E-state index contributed by atoms with van der Waals surface area (Å²) in [5, 5.41) is 4.37. The van der Waals surface area contributed by atoms with Crippen LogP contribution < -0.4 is 4.74 Å². The van der Waals surface area contributed by atoms with Gasteiger partial charge in [0.2, 0.25) is 0 Å². The minimum absolute atomic E-state index is 0.174. The predicted molar refractivity (Wildman–Crippen MR) is 100.0 cm³/mol. The molecular formula is C20H24FN3O4. The van der Waals surface area contributed by atoms with Gasteiger partial charge in [0.1, 0.15) is 5.82 Å². The second-order valence-corrected chi connectivity index (χ2v) is 6.51. The quantitative estimate of drug-likeness (QED) is 0.711. The van der Waals surface area contributed by atoms with E-state index in [1.807, 2.05) is 6.92 Å². The molecule has 0 spiro atoms. The van der Waals surface area contributed by atoms with Crippen LogP contribution >= 0.6 is 0 Å². The highest BCUT2D eigenvalue weighted by Crippen LogP contribution is 2.25. The van der Waals surface area contributed by atoms with E-state index >= 15 is 0 Å². The fourth-order valence-electron chi connectivity index (χ4n) is 3.22. The summed E-state index contributed by atoms with van der Waals surface area (Å²) >= 11 is 0. The van der Waals surface area contributed by atoms with Crippen molar-refractivity contribution in [3.8, 4) is 11.4 Å². The second kappa shape index (κ2) is 8.86. The fraction of sp³-hybridized carbons (Fsp3) is 0.450. The molecule has 0 saturated carbocycles. The minimum atomic E-state index is -0.346. The molecule has 1 fully saturated rings. The zero-order chi connectivity index (χ0) is 20.1. The lowest BCUT2D eigenvalue weighted by Gasteiger charge is -2.30. The van der Waals surface area contributed by atoms with E-state index < -0.39 is 0 Å². The number of likely N-dealkylation sites (tertiary alicyclic amines) is 1. The number of hydrogen-bond donors (Lipinski definition) is 0. The molecule has 0 bridgehead atoms. The maximum Gasteiger partial charge on any atom is 0.309 e. The molecular weight excluding hydrogens is 365 g/mol. The maximum atomic E-state index is 13.2. The molecule has 1 amide bonds. The van der Waals surface area contributed by atoms with Gasteiger partial charge in [-0.2, -0.15) is 5.10 Å². The van der Waals surface area contributed by atoms with Crippen LogP contribution in [0.1, 0.15) is 37.2 Å². The van der Waals surface area contributed by atoms with Crippen LogP contribution in [0.25, 0.3) is 5.69 Å². The van der Waals surface area contributed by atoms with E-state index in [1.165, 1.54) is 16.8 Å². The lowest BCUT2D eigenvalue weighted by Crippen LogP contribution is -2.41. The number of esters is 1. The Morgan fingerprint density at radius 2 is 1.82 bits per heavy atom. The Kier molecular flexibility index (Phi) is 6.28. The van der Waals surface area contributed by atoms with Crippen LogP contribution in [0.3, 0.4) is 0 Å². The zero-order valence-corrected chi connectivity index (χ0v) is 16.1. The van der Waals surface area contributed by atoms with E-state index in [0.717, 1.165) is 0 Å². The molecule has 1 aromatic carbocycles. The summed E-state index contributed by atoms with van der Waals surface area (Å²) in [6.45, 7) is 5.27. The van der Waals surface area contributed by atoms with Crippen LogP contribution in [0.2, 0.25) is 0 Å². The van der Waals surface area contributed by atoms with Gasteiger partial charge in [0, 0.05) is 13.1 Å². The molecule has 3 rings (SSSR count). The molecule has 150 valence electrons. The van der Waals surface area contributed by atoms with Gasteiger partial charge in [0.25, 0.3) is 5.91 Å². The topological polar surface area (TPSA) is 73.7 Å². The van der Waals surface area contributed by atoms with Crippen molar-refractivity contribution in [2.45, 2.75) is 26.7 Å². The van der Waals surface area contributed by atoms with Crippen molar-refractivity contribution in [3.63, 3.8) is 0 Å². The molecule has 0 unspecified atom stereocenters. The maximum absolute atomic E-state index is 13.2. The molecule has 28 heavy (non-hydrogen) atoms. The number of carbonyl (C=O) groups excluding carboxylic acids is 2. The summed E-state index contributed by atoms with van der Waals surface area (Å²) in [6.07, 6.45) is 2.75. The second-order valence-electron chi connectivity index (χ2n) is 6.51. The van der Waals surface area contributed by atoms with Gasteiger partial charge >= 0.3 is 5.97 Å². The molecule has 0 N–H and O–H groups in total. The highest BCUT2D eigenvalue weighted by Gasteiger charge is 2.31. The molecule has 2 aromatic rings. The van der Waals surface area contributed by atoms with Gasteiger partial charge in [-0.3, -0.25) is 9.59 Å². The number of rotatable bonds is 6. The first kappa shape index (κ1) is 19.9. The molecule has 8 heteroatoms. The van der Waals surface area contributed by atoms with Gasteiger partial charge in [0.05, 0.1) is 31.0 Å². The average molecular weight is 389 g/mol. The van der Waals surface area contributed by atoms with Gasteiger partial charge in [-0.1, -0.05) is 0 Å². The van der Waals surface area contributed by atoms with Crippen molar-refractivity contribution < 1.29 is 23.5 Å². The smallest absolute Gasteiger partial charge is 0.309 e. The van der Waals surface area contributed by atoms with Gasteiger partial charge in [0.15, 0.2) is 11.4 Å². The molecule has 2 heterocycles. The Balaban J connectivity index is 1.76. The van der Waals surface area contributed by atoms with Crippen molar-refractivity contribution in [3.05, 3.63) is 42.0 Å². The van der Waals surface area contributed by atoms with Crippen molar-refractivity contribution >= 4 is 11.9 Å². The molecule has 0 radical (unpaired) electrons. The number of aromatic nitrogens is 2. The van der Waals surface area contributed by atoms with Crippen molar-refractivity contribution in [1.82, 2.24) is 14.7 Å². The van der Waals surface area contributed by atoms with Gasteiger partial charge in [-0.25, -0.2) is 9.07 Å². The zero-order valence-electron chi connectivity index (χ0n) is 16.1. The summed E-state index contributed by atoms with van der Waals surface area (Å²) < 4.78 is 25.3. The standard InChI is InChI=1S/C20H24FN3O4/c1-3-27-17-13-24(16-7-5-15(21)6-8-16)22-18(17)19(25)23-11-9-14(10-12-23)20(26)28-4-2/h5-8,13-14H,3-4,9-12H2,1-2H3. The van der Waals surface area contributed by atoms with E-state index in [0.29, 0.717) is 50.6 Å². The lowest BCUT2D eigenvalue weighted by atomic mass is 9.97. The van der Waals surface area contributed by atoms with Gasteiger partial charge in [-0.15, -0.1) is 0 Å². The monoisotopic (exact) mass is 389 g/mol. The third kappa shape index (κ3) is 4.32. The van der Waals surface area contributed by atoms with E-state index in [2.05, 4.69) is 5.10 Å². The van der Waals surface area contributed by atoms with Crippen LogP contribution in [0.5, 0.6) is 5.75 Å². The number of amides is 1. The number of hydrogen-bond acceptors (Lipinski definition) is 5. The third-order valence-corrected chi connectivity index (χ3v) is 4.68. The largest absolute Gasteiger partial charge is 0.490 e. The number of piperidine rings is 1. The molecule has 1 saturated heterocycles. The highest BCUT2D eigenvalue weighted by molar-refractivity contribution is 5.95. The van der Waals surface area contributed by atoms with Crippen LogP contribution in [-0.2, 0) is 9.53 Å². The van der Waals surface area contributed by atoms with Gasteiger partial charge < -0.3 is 14.4 Å². The Morgan fingerprint density at radius 1 is 1.14 bits per heavy atom. The van der Waals surface area contributed by atoms with E-state index in [-0.39, 0.29) is 29.3 Å². The molecule has 0 aliphatic carbocycles. The number of benzene rings is 1. The highest BCUT2D eigenvalue weighted by atomic mass is 19.1. The number of halogens is 1. The summed E-state index contributed by atoms with van der Waals surface area (Å²) in [7, 11) is 0. The summed E-state index contributed by atoms with van der Waals surface area (Å²) in [4.78, 5) is 26.5. The fourth-order valence-corrected chi connectivity index (χ4v) is 3.22. The minimum Gasteiger partial charge on any atom is -0.490 e. The van der Waals surface area contributed by atoms with E-state index in [9.17, 15) is 14.0 Å². The van der Waals surface area contributed by atoms with Crippen LogP contribution in [0.15, 0.2) is 30.5 Å². The number of carbonyl (C=O) groups is 2. The Morgan fingerprint density at radius 3 is 2.43 bits per heavy atom. The summed E-state index contributed by atoms with van der Waals surface area (Å²) in [5.74, 6) is -0.588. The van der Waals surface area contributed by atoms with E-state index in [4.69, 9.17) is 9.47 Å². The normalized spacial score (nSPS) is 14.8. The summed E-state index contributed by atoms with van der Waals surface area (Å²) in [6, 6.07) is 5.83. The first-order valence-electron chi connectivity index (χ1n) is 9.47. The Bertz CT molecular complexity index is 826. The molecule has 7 nitrogen and oxygen atoms in total. The van der Waals surface area contributed by atoms with Crippen LogP contribution in [-0.4, -0.2) is 52.9 Å². The van der Waals surface area contributed by atoms with Crippen molar-refractivity contribution in [2.75, 3.05) is 26.3 Å². The van der Waals surface area contributed by atoms with Crippen LogP contribution in [0.4, 0.5) is 4.39 Å². The Hall–Kier alpha value is -2.90.